The number of hydrogen-bond donors (Lipinski definition) is 1. The molecule has 0 aliphatic carbocycles. The van der Waals surface area contributed by atoms with Crippen LogP contribution in [0.2, 0.25) is 0 Å². The summed E-state index contributed by atoms with van der Waals surface area (Å²) in [6, 6.07) is 20.7. The van der Waals surface area contributed by atoms with E-state index in [2.05, 4.69) is 76.3 Å². The number of rotatable bonds is 5. The average molecular weight is 342 g/mol. The van der Waals surface area contributed by atoms with Gasteiger partial charge in [-0.2, -0.15) is 0 Å². The monoisotopic (exact) mass is 342 g/mol. The molecule has 0 saturated carbocycles. The number of fused-ring (bicyclic) bond motifs is 1. The van der Waals surface area contributed by atoms with E-state index in [-0.39, 0.29) is 0 Å². The summed E-state index contributed by atoms with van der Waals surface area (Å²) in [6.07, 6.45) is 3.80. The maximum atomic E-state index is 4.60. The molecule has 4 nitrogen and oxygen atoms in total. The molecule has 2 heterocycles. The number of hydrogen-bond acceptors (Lipinski definition) is 3. The van der Waals surface area contributed by atoms with Gasteiger partial charge >= 0.3 is 0 Å². The van der Waals surface area contributed by atoms with Crippen LogP contribution in [0.25, 0.3) is 27.8 Å². The van der Waals surface area contributed by atoms with Crippen LogP contribution in [0.1, 0.15) is 13.8 Å². The summed E-state index contributed by atoms with van der Waals surface area (Å²) in [6.45, 7) is 5.26. The molecule has 0 spiro atoms. The van der Waals surface area contributed by atoms with Crippen LogP contribution < -0.4 is 5.32 Å². The summed E-state index contributed by atoms with van der Waals surface area (Å²) in [4.78, 5) is 9.14. The smallest absolute Gasteiger partial charge is 0.150 e. The Balaban J connectivity index is 1.96. The van der Waals surface area contributed by atoms with E-state index in [1.54, 1.807) is 6.33 Å². The third-order valence-corrected chi connectivity index (χ3v) is 4.38. The average Bonchev–Trinajstić information content (AvgIpc) is 3.08. The van der Waals surface area contributed by atoms with Crippen LogP contribution >= 0.6 is 0 Å². The number of benzene rings is 2. The first kappa shape index (κ1) is 16.3. The molecule has 0 unspecified atom stereocenters. The number of nitrogens with zero attached hydrogens (tertiary/aromatic N) is 3. The predicted molar refractivity (Wildman–Crippen MR) is 108 cm³/mol. The van der Waals surface area contributed by atoms with Gasteiger partial charge in [-0.3, -0.25) is 0 Å². The lowest BCUT2D eigenvalue weighted by Crippen LogP contribution is -2.09. The molecule has 0 radical (unpaired) electrons. The largest absolute Gasteiger partial charge is 0.369 e. The van der Waals surface area contributed by atoms with E-state index in [0.717, 1.165) is 40.2 Å². The van der Waals surface area contributed by atoms with Crippen molar-refractivity contribution in [1.82, 2.24) is 14.5 Å². The lowest BCUT2D eigenvalue weighted by Gasteiger charge is -2.10. The van der Waals surface area contributed by atoms with Crippen molar-refractivity contribution in [3.05, 3.63) is 73.2 Å². The highest BCUT2D eigenvalue weighted by atomic mass is 15.1. The summed E-state index contributed by atoms with van der Waals surface area (Å²) in [5, 5.41) is 4.56. The van der Waals surface area contributed by atoms with Crippen molar-refractivity contribution >= 4 is 16.9 Å². The second kappa shape index (κ2) is 7.00. The Hall–Kier alpha value is -3.14. The molecule has 0 amide bonds. The van der Waals surface area contributed by atoms with Gasteiger partial charge in [0.15, 0.2) is 5.65 Å². The molecule has 0 fully saturated rings. The van der Waals surface area contributed by atoms with Crippen LogP contribution in [0.3, 0.4) is 0 Å². The lowest BCUT2D eigenvalue weighted by molar-refractivity contribution is 0.687. The van der Waals surface area contributed by atoms with E-state index in [4.69, 9.17) is 0 Å². The molecule has 0 saturated heterocycles. The molecule has 0 aliphatic heterocycles. The highest BCUT2D eigenvalue weighted by Gasteiger charge is 2.17. The molecule has 2 aromatic heterocycles. The summed E-state index contributed by atoms with van der Waals surface area (Å²) in [7, 11) is 0. The molecular formula is C22H22N4. The summed E-state index contributed by atoms with van der Waals surface area (Å²) >= 11 is 0. The topological polar surface area (TPSA) is 42.7 Å². The van der Waals surface area contributed by atoms with Gasteiger partial charge in [-0.1, -0.05) is 62.4 Å². The quantitative estimate of drug-likeness (QED) is 0.545. The molecular weight excluding hydrogens is 320 g/mol. The third-order valence-electron chi connectivity index (χ3n) is 4.38. The SMILES string of the molecule is CC(C)CNc1ncnc2c1c(-c1ccccc1)cn2-c1ccccc1. The Morgan fingerprint density at radius 3 is 2.31 bits per heavy atom. The number of nitrogens with one attached hydrogen (secondary N) is 1. The van der Waals surface area contributed by atoms with E-state index in [9.17, 15) is 0 Å². The van der Waals surface area contributed by atoms with Crippen molar-refractivity contribution in [3.8, 4) is 16.8 Å². The Morgan fingerprint density at radius 2 is 1.62 bits per heavy atom. The summed E-state index contributed by atoms with van der Waals surface area (Å²) in [5.41, 5.74) is 4.30. The predicted octanol–water partition coefficient (Wildman–Crippen LogP) is 5.16. The van der Waals surface area contributed by atoms with E-state index in [1.807, 2.05) is 24.3 Å². The van der Waals surface area contributed by atoms with Crippen molar-refractivity contribution < 1.29 is 0 Å². The number of anilines is 1. The van der Waals surface area contributed by atoms with Crippen LogP contribution in [0.4, 0.5) is 5.82 Å². The minimum absolute atomic E-state index is 0.538. The summed E-state index contributed by atoms with van der Waals surface area (Å²) in [5.74, 6) is 1.42. The van der Waals surface area contributed by atoms with E-state index in [0.29, 0.717) is 5.92 Å². The maximum Gasteiger partial charge on any atom is 0.150 e. The molecule has 130 valence electrons. The zero-order valence-corrected chi connectivity index (χ0v) is 15.1. The standard InChI is InChI=1S/C22H22N4/c1-16(2)13-23-21-20-19(17-9-5-3-6-10-17)14-26(22(20)25-15-24-21)18-11-7-4-8-12-18/h3-12,14-16H,13H2,1-2H3,(H,23,24,25). The highest BCUT2D eigenvalue weighted by Crippen LogP contribution is 2.35. The zero-order valence-electron chi connectivity index (χ0n) is 15.1. The Bertz CT molecular complexity index is 1000. The highest BCUT2D eigenvalue weighted by molar-refractivity contribution is 6.02. The molecule has 4 aromatic rings. The molecule has 0 aliphatic rings. The molecule has 0 bridgehead atoms. The Labute approximate surface area is 153 Å². The third kappa shape index (κ3) is 3.06. The van der Waals surface area contributed by atoms with E-state index >= 15 is 0 Å². The minimum atomic E-state index is 0.538. The van der Waals surface area contributed by atoms with Gasteiger partial charge in [0.1, 0.15) is 12.1 Å². The fourth-order valence-electron chi connectivity index (χ4n) is 3.12. The fraction of sp³-hybridized carbons (Fsp3) is 0.182. The van der Waals surface area contributed by atoms with Crippen LogP contribution in [0.15, 0.2) is 73.2 Å². The van der Waals surface area contributed by atoms with Gasteiger partial charge in [0.25, 0.3) is 0 Å². The molecule has 4 heteroatoms. The van der Waals surface area contributed by atoms with Crippen LogP contribution in [0.5, 0.6) is 0 Å². The van der Waals surface area contributed by atoms with Gasteiger partial charge in [-0.05, 0) is 23.6 Å². The first-order valence-electron chi connectivity index (χ1n) is 8.95. The molecule has 0 atom stereocenters. The van der Waals surface area contributed by atoms with E-state index in [1.165, 1.54) is 0 Å². The second-order valence-corrected chi connectivity index (χ2v) is 6.81. The zero-order chi connectivity index (χ0) is 17.9. The van der Waals surface area contributed by atoms with Crippen LogP contribution in [0, 0.1) is 5.92 Å². The van der Waals surface area contributed by atoms with Crippen molar-refractivity contribution in [1.29, 1.82) is 0 Å². The number of aromatic nitrogens is 3. The van der Waals surface area contributed by atoms with Crippen molar-refractivity contribution in [2.45, 2.75) is 13.8 Å². The molecule has 1 N–H and O–H groups in total. The first-order valence-corrected chi connectivity index (χ1v) is 8.95. The van der Waals surface area contributed by atoms with Gasteiger partial charge in [0.05, 0.1) is 5.39 Å². The fourth-order valence-corrected chi connectivity index (χ4v) is 3.12. The van der Waals surface area contributed by atoms with Gasteiger partial charge in [-0.25, -0.2) is 9.97 Å². The van der Waals surface area contributed by atoms with Crippen molar-refractivity contribution in [2.75, 3.05) is 11.9 Å². The molecule has 4 rings (SSSR count). The molecule has 26 heavy (non-hydrogen) atoms. The van der Waals surface area contributed by atoms with E-state index < -0.39 is 0 Å². The van der Waals surface area contributed by atoms with Gasteiger partial charge in [0.2, 0.25) is 0 Å². The number of para-hydroxylation sites is 1. The van der Waals surface area contributed by atoms with Crippen molar-refractivity contribution in [2.24, 2.45) is 5.92 Å². The maximum absolute atomic E-state index is 4.60. The minimum Gasteiger partial charge on any atom is -0.369 e. The Kier molecular flexibility index (Phi) is 4.40. The normalized spacial score (nSPS) is 11.2. The van der Waals surface area contributed by atoms with Crippen molar-refractivity contribution in [3.63, 3.8) is 0 Å². The van der Waals surface area contributed by atoms with Gasteiger partial charge < -0.3 is 9.88 Å². The summed E-state index contributed by atoms with van der Waals surface area (Å²) < 4.78 is 2.14. The first-order chi connectivity index (χ1) is 12.7. The molecule has 2 aromatic carbocycles. The van der Waals surface area contributed by atoms with Crippen LogP contribution in [-0.4, -0.2) is 21.1 Å². The van der Waals surface area contributed by atoms with Crippen LogP contribution in [-0.2, 0) is 0 Å². The van der Waals surface area contributed by atoms with Gasteiger partial charge in [0, 0.05) is 24.0 Å². The lowest BCUT2D eigenvalue weighted by atomic mass is 10.1. The second-order valence-electron chi connectivity index (χ2n) is 6.81. The van der Waals surface area contributed by atoms with Gasteiger partial charge in [-0.15, -0.1) is 0 Å². The Morgan fingerprint density at radius 1 is 0.923 bits per heavy atom.